The molecule has 1 amide bonds. The van der Waals surface area contributed by atoms with E-state index in [4.69, 9.17) is 0 Å². The predicted octanol–water partition coefficient (Wildman–Crippen LogP) is 3.51. The fraction of sp³-hybridized carbons (Fsp3) is 0.474. The predicted molar refractivity (Wildman–Crippen MR) is 114 cm³/mol. The third kappa shape index (κ3) is 3.86. The molecule has 0 saturated heterocycles. The number of amides is 1. The molecule has 4 rings (SSSR count). The van der Waals surface area contributed by atoms with Crippen LogP contribution in [-0.2, 0) is 23.4 Å². The van der Waals surface area contributed by atoms with Gasteiger partial charge in [-0.1, -0.05) is 0 Å². The van der Waals surface area contributed by atoms with Crippen molar-refractivity contribution in [2.75, 3.05) is 11.1 Å². The first-order chi connectivity index (χ1) is 13.5. The Balaban J connectivity index is 1.40. The molecule has 0 aliphatic heterocycles. The van der Waals surface area contributed by atoms with Crippen molar-refractivity contribution in [3.8, 4) is 0 Å². The molecule has 1 aliphatic rings. The summed E-state index contributed by atoms with van der Waals surface area (Å²) in [5.74, 6) is 2.00. The number of carbonyl (C=O) groups excluding carboxylic acids is 1. The molecule has 0 bridgehead atoms. The number of anilines is 1. The summed E-state index contributed by atoms with van der Waals surface area (Å²) in [4.78, 5) is 34.5. The Morgan fingerprint density at radius 1 is 1.39 bits per heavy atom. The van der Waals surface area contributed by atoms with E-state index in [1.165, 1.54) is 28.6 Å². The van der Waals surface area contributed by atoms with E-state index in [-0.39, 0.29) is 23.3 Å². The number of nitrogens with one attached hydrogen (secondary N) is 2. The smallest absolute Gasteiger partial charge is 0.259 e. The molecular formula is C19H23N5O2S2. The van der Waals surface area contributed by atoms with Crippen LogP contribution in [0.4, 0.5) is 5.82 Å². The van der Waals surface area contributed by atoms with E-state index in [0.29, 0.717) is 17.4 Å². The minimum atomic E-state index is -0.0950. The summed E-state index contributed by atoms with van der Waals surface area (Å²) in [5.41, 5.74) is 1.14. The Kier molecular flexibility index (Phi) is 5.54. The number of H-pyrrole nitrogens is 1. The number of fused-ring (bicyclic) bond motifs is 3. The normalized spacial score (nSPS) is 13.8. The highest BCUT2D eigenvalue weighted by molar-refractivity contribution is 7.99. The number of thiophene rings is 1. The number of rotatable bonds is 6. The van der Waals surface area contributed by atoms with Crippen molar-refractivity contribution in [3.05, 3.63) is 38.9 Å². The number of thioether (sulfide) groups is 1. The van der Waals surface area contributed by atoms with Crippen molar-refractivity contribution in [2.45, 2.75) is 51.3 Å². The van der Waals surface area contributed by atoms with Gasteiger partial charge >= 0.3 is 0 Å². The number of hydrogen-bond acceptors (Lipinski definition) is 6. The van der Waals surface area contributed by atoms with Gasteiger partial charge in [0.15, 0.2) is 0 Å². The molecule has 1 aliphatic carbocycles. The highest BCUT2D eigenvalue weighted by Gasteiger charge is 2.19. The fourth-order valence-corrected chi connectivity index (χ4v) is 5.49. The van der Waals surface area contributed by atoms with Gasteiger partial charge in [-0.25, -0.2) is 9.67 Å². The number of aryl methyl sites for hydroxylation is 2. The molecule has 3 heterocycles. The summed E-state index contributed by atoms with van der Waals surface area (Å²) in [6.45, 7) is 4.02. The van der Waals surface area contributed by atoms with E-state index in [0.717, 1.165) is 29.5 Å². The van der Waals surface area contributed by atoms with Gasteiger partial charge in [-0.2, -0.15) is 5.10 Å². The van der Waals surface area contributed by atoms with E-state index in [2.05, 4.69) is 20.4 Å². The summed E-state index contributed by atoms with van der Waals surface area (Å²) in [5, 5.41) is 7.86. The Bertz CT molecular complexity index is 1070. The second-order valence-electron chi connectivity index (χ2n) is 7.20. The van der Waals surface area contributed by atoms with Gasteiger partial charge in [0, 0.05) is 17.0 Å². The first-order valence-corrected chi connectivity index (χ1v) is 11.4. The van der Waals surface area contributed by atoms with Gasteiger partial charge in [0.1, 0.15) is 16.5 Å². The molecule has 0 aromatic carbocycles. The van der Waals surface area contributed by atoms with Crippen LogP contribution < -0.4 is 10.9 Å². The lowest BCUT2D eigenvalue weighted by Gasteiger charge is -2.11. The monoisotopic (exact) mass is 417 g/mol. The van der Waals surface area contributed by atoms with E-state index < -0.39 is 0 Å². The number of carbonyl (C=O) groups is 1. The largest absolute Gasteiger partial charge is 0.310 e. The molecule has 0 radical (unpaired) electrons. The lowest BCUT2D eigenvalue weighted by molar-refractivity contribution is -0.113. The summed E-state index contributed by atoms with van der Waals surface area (Å²) in [7, 11) is 0. The Hall–Kier alpha value is -2.13. The molecule has 28 heavy (non-hydrogen) atoms. The summed E-state index contributed by atoms with van der Waals surface area (Å²) >= 11 is 3.08. The molecule has 0 fully saturated rings. The standard InChI is InChI=1S/C19H23N5O2S2/c1-11(2)24-15(7-8-20-24)23-16(25)10-27-9-14-21-18(26)17-12-5-3-4-6-13(12)28-19(17)22-14/h7-8,11H,3-6,9-10H2,1-2H3,(H,23,25)(H,21,22,26). The average Bonchev–Trinajstić information content (AvgIpc) is 3.25. The van der Waals surface area contributed by atoms with Crippen LogP contribution in [0.25, 0.3) is 10.2 Å². The number of aromatic amines is 1. The summed E-state index contributed by atoms with van der Waals surface area (Å²) in [6, 6.07) is 1.96. The molecule has 2 N–H and O–H groups in total. The highest BCUT2D eigenvalue weighted by Crippen LogP contribution is 2.33. The van der Waals surface area contributed by atoms with Crippen molar-refractivity contribution in [2.24, 2.45) is 0 Å². The van der Waals surface area contributed by atoms with E-state index in [1.807, 2.05) is 13.8 Å². The maximum absolute atomic E-state index is 12.6. The third-order valence-electron chi connectivity index (χ3n) is 4.77. The van der Waals surface area contributed by atoms with Crippen LogP contribution in [0.3, 0.4) is 0 Å². The van der Waals surface area contributed by atoms with Gasteiger partial charge in [0.05, 0.1) is 23.1 Å². The maximum Gasteiger partial charge on any atom is 0.259 e. The molecule has 3 aromatic rings. The lowest BCUT2D eigenvalue weighted by atomic mass is 9.97. The SMILES string of the molecule is CC(C)n1nccc1NC(=O)CSCc1nc2sc3c(c2c(=O)[nH]1)CCCC3. The molecule has 7 nitrogen and oxygen atoms in total. The molecule has 0 saturated carbocycles. The second kappa shape index (κ2) is 8.08. The first kappa shape index (κ1) is 19.2. The average molecular weight is 418 g/mol. The number of nitrogens with zero attached hydrogens (tertiary/aromatic N) is 3. The Labute approximate surface area is 170 Å². The zero-order chi connectivity index (χ0) is 19.7. The van der Waals surface area contributed by atoms with E-state index in [1.54, 1.807) is 28.3 Å². The van der Waals surface area contributed by atoms with Gasteiger partial charge < -0.3 is 10.3 Å². The van der Waals surface area contributed by atoms with Crippen LogP contribution >= 0.6 is 23.1 Å². The number of aromatic nitrogens is 4. The van der Waals surface area contributed by atoms with Gasteiger partial charge in [-0.3, -0.25) is 9.59 Å². The van der Waals surface area contributed by atoms with Crippen LogP contribution in [0.15, 0.2) is 17.1 Å². The van der Waals surface area contributed by atoms with Gasteiger partial charge in [0.25, 0.3) is 5.56 Å². The van der Waals surface area contributed by atoms with Crippen molar-refractivity contribution in [1.82, 2.24) is 19.7 Å². The van der Waals surface area contributed by atoms with Crippen LogP contribution in [0.2, 0.25) is 0 Å². The quantitative estimate of drug-likeness (QED) is 0.640. The van der Waals surface area contributed by atoms with Crippen molar-refractivity contribution < 1.29 is 4.79 Å². The summed E-state index contributed by atoms with van der Waals surface area (Å²) < 4.78 is 1.77. The third-order valence-corrected chi connectivity index (χ3v) is 6.90. The Morgan fingerprint density at radius 2 is 2.21 bits per heavy atom. The minimum absolute atomic E-state index is 0.0507. The van der Waals surface area contributed by atoms with Crippen molar-refractivity contribution in [1.29, 1.82) is 0 Å². The van der Waals surface area contributed by atoms with E-state index in [9.17, 15) is 9.59 Å². The molecule has 148 valence electrons. The lowest BCUT2D eigenvalue weighted by Crippen LogP contribution is -2.18. The molecule has 3 aromatic heterocycles. The molecule has 0 spiro atoms. The van der Waals surface area contributed by atoms with Crippen molar-refractivity contribution >= 4 is 45.0 Å². The molecular weight excluding hydrogens is 394 g/mol. The molecule has 0 atom stereocenters. The van der Waals surface area contributed by atoms with Crippen LogP contribution in [-0.4, -0.2) is 31.4 Å². The molecule has 9 heteroatoms. The van der Waals surface area contributed by atoms with Crippen LogP contribution in [0.5, 0.6) is 0 Å². The van der Waals surface area contributed by atoms with E-state index >= 15 is 0 Å². The fourth-order valence-electron chi connectivity index (χ4n) is 3.52. The minimum Gasteiger partial charge on any atom is -0.310 e. The second-order valence-corrected chi connectivity index (χ2v) is 9.27. The van der Waals surface area contributed by atoms with Crippen LogP contribution in [0.1, 0.15) is 49.0 Å². The number of hydrogen-bond donors (Lipinski definition) is 2. The van der Waals surface area contributed by atoms with Gasteiger partial charge in [0.2, 0.25) is 5.91 Å². The topological polar surface area (TPSA) is 92.7 Å². The molecule has 0 unspecified atom stereocenters. The zero-order valence-corrected chi connectivity index (χ0v) is 17.6. The van der Waals surface area contributed by atoms with Crippen LogP contribution in [0, 0.1) is 0 Å². The zero-order valence-electron chi connectivity index (χ0n) is 15.9. The van der Waals surface area contributed by atoms with Crippen molar-refractivity contribution in [3.63, 3.8) is 0 Å². The summed E-state index contributed by atoms with van der Waals surface area (Å²) in [6.07, 6.45) is 6.02. The first-order valence-electron chi connectivity index (χ1n) is 9.47. The maximum atomic E-state index is 12.6. The Morgan fingerprint density at radius 3 is 3.04 bits per heavy atom. The van der Waals surface area contributed by atoms with Gasteiger partial charge in [-0.15, -0.1) is 23.1 Å². The van der Waals surface area contributed by atoms with Gasteiger partial charge in [-0.05, 0) is 45.1 Å². The highest BCUT2D eigenvalue weighted by atomic mass is 32.2.